The van der Waals surface area contributed by atoms with Crippen LogP contribution in [-0.4, -0.2) is 0 Å². The maximum atomic E-state index is 5.87. The van der Waals surface area contributed by atoms with Crippen LogP contribution in [0.5, 0.6) is 0 Å². The molecule has 1 aromatic heterocycles. The molecule has 2 nitrogen and oxygen atoms in total. The van der Waals surface area contributed by atoms with Crippen molar-refractivity contribution < 1.29 is 0 Å². The largest absolute Gasteiger partial charge is 0.397 e. The van der Waals surface area contributed by atoms with Gasteiger partial charge in [-0.3, -0.25) is 0 Å². The number of benzene rings is 1. The minimum atomic E-state index is 0.405. The highest BCUT2D eigenvalue weighted by Gasteiger charge is 2.07. The zero-order valence-corrected chi connectivity index (χ0v) is 8.45. The third-order valence-corrected chi connectivity index (χ3v) is 3.30. The number of alkyl halides is 1. The summed E-state index contributed by atoms with van der Waals surface area (Å²) in [7, 11) is 0. The van der Waals surface area contributed by atoms with Crippen LogP contribution in [0.15, 0.2) is 17.5 Å². The fourth-order valence-corrected chi connectivity index (χ4v) is 2.39. The molecule has 1 heterocycles. The Morgan fingerprint density at radius 2 is 2.08 bits per heavy atom. The fourth-order valence-electron chi connectivity index (χ4n) is 1.32. The van der Waals surface area contributed by atoms with Crippen LogP contribution in [0.4, 0.5) is 11.4 Å². The third-order valence-electron chi connectivity index (χ3n) is 2.05. The van der Waals surface area contributed by atoms with Crippen molar-refractivity contribution in [1.29, 1.82) is 0 Å². The lowest BCUT2D eigenvalue weighted by Gasteiger charge is -2.06. The van der Waals surface area contributed by atoms with Gasteiger partial charge in [-0.15, -0.1) is 22.9 Å². The minimum absolute atomic E-state index is 0.405. The second-order valence-corrected chi connectivity index (χ2v) is 4.02. The van der Waals surface area contributed by atoms with E-state index in [1.165, 1.54) is 0 Å². The predicted octanol–water partition coefficient (Wildman–Crippen LogP) is 2.80. The quantitative estimate of drug-likeness (QED) is 0.564. The van der Waals surface area contributed by atoms with E-state index in [2.05, 4.69) is 0 Å². The molecular weight excluding hydrogens is 204 g/mol. The van der Waals surface area contributed by atoms with Gasteiger partial charge in [0.1, 0.15) is 0 Å². The summed E-state index contributed by atoms with van der Waals surface area (Å²) in [5, 5.41) is 3.12. The molecule has 0 bridgehead atoms. The van der Waals surface area contributed by atoms with E-state index >= 15 is 0 Å². The standard InChI is InChI=1S/C9H9ClN2S/c10-4-6-3-5-1-2-13-9(5)8(12)7(6)11/h1-3H,4,11-12H2. The van der Waals surface area contributed by atoms with Crippen molar-refractivity contribution in [1.82, 2.24) is 0 Å². The molecule has 0 unspecified atom stereocenters. The summed E-state index contributed by atoms with van der Waals surface area (Å²) >= 11 is 7.34. The Morgan fingerprint density at radius 1 is 1.31 bits per heavy atom. The number of nitrogen functional groups attached to an aromatic ring is 2. The van der Waals surface area contributed by atoms with Gasteiger partial charge in [-0.1, -0.05) is 0 Å². The Kier molecular flexibility index (Phi) is 2.06. The van der Waals surface area contributed by atoms with Crippen LogP contribution in [0.1, 0.15) is 5.56 Å². The van der Waals surface area contributed by atoms with E-state index in [0.29, 0.717) is 17.3 Å². The molecule has 0 aliphatic heterocycles. The summed E-state index contributed by atoms with van der Waals surface area (Å²) in [5.74, 6) is 0.405. The summed E-state index contributed by atoms with van der Waals surface area (Å²) < 4.78 is 1.05. The van der Waals surface area contributed by atoms with Gasteiger partial charge in [0.05, 0.1) is 16.1 Å². The summed E-state index contributed by atoms with van der Waals surface area (Å²) in [6, 6.07) is 4.01. The van der Waals surface area contributed by atoms with Gasteiger partial charge in [0, 0.05) is 5.88 Å². The zero-order valence-electron chi connectivity index (χ0n) is 6.88. The molecular formula is C9H9ClN2S. The number of nitrogens with two attached hydrogens (primary N) is 2. The average molecular weight is 213 g/mol. The van der Waals surface area contributed by atoms with Crippen molar-refractivity contribution in [2.75, 3.05) is 11.5 Å². The van der Waals surface area contributed by atoms with Gasteiger partial charge in [0.25, 0.3) is 0 Å². The highest BCUT2D eigenvalue weighted by molar-refractivity contribution is 7.17. The van der Waals surface area contributed by atoms with Crippen LogP contribution in [0.3, 0.4) is 0 Å². The first-order chi connectivity index (χ1) is 6.24. The molecule has 0 radical (unpaired) electrons. The van der Waals surface area contributed by atoms with Crippen LogP contribution < -0.4 is 11.5 Å². The summed E-state index contributed by atoms with van der Waals surface area (Å²) in [4.78, 5) is 0. The Labute approximate surface area is 85.1 Å². The van der Waals surface area contributed by atoms with Crippen molar-refractivity contribution in [2.45, 2.75) is 5.88 Å². The van der Waals surface area contributed by atoms with Crippen molar-refractivity contribution in [2.24, 2.45) is 0 Å². The first-order valence-electron chi connectivity index (χ1n) is 3.84. The monoisotopic (exact) mass is 212 g/mol. The summed E-state index contributed by atoms with van der Waals surface area (Å²) in [6.07, 6.45) is 0. The lowest BCUT2D eigenvalue weighted by Crippen LogP contribution is -1.98. The van der Waals surface area contributed by atoms with Gasteiger partial charge in [-0.2, -0.15) is 0 Å². The van der Waals surface area contributed by atoms with Gasteiger partial charge in [-0.25, -0.2) is 0 Å². The number of anilines is 2. The van der Waals surface area contributed by atoms with Gasteiger partial charge in [0.15, 0.2) is 0 Å². The Balaban J connectivity index is 2.83. The molecule has 0 aliphatic carbocycles. The summed E-state index contributed by atoms with van der Waals surface area (Å²) in [5.41, 5.74) is 13.9. The lowest BCUT2D eigenvalue weighted by molar-refractivity contribution is 1.43. The maximum Gasteiger partial charge on any atom is 0.0732 e. The van der Waals surface area contributed by atoms with E-state index in [-0.39, 0.29) is 0 Å². The highest BCUT2D eigenvalue weighted by atomic mass is 35.5. The molecule has 0 saturated heterocycles. The molecule has 1 aromatic carbocycles. The molecule has 0 spiro atoms. The molecule has 2 aromatic rings. The number of hydrogen-bond donors (Lipinski definition) is 2. The van der Waals surface area contributed by atoms with E-state index in [0.717, 1.165) is 15.6 Å². The first-order valence-corrected chi connectivity index (χ1v) is 5.25. The van der Waals surface area contributed by atoms with Crippen molar-refractivity contribution >= 4 is 44.4 Å². The number of halogens is 1. The Bertz CT molecular complexity index is 450. The second-order valence-electron chi connectivity index (χ2n) is 2.84. The van der Waals surface area contributed by atoms with Gasteiger partial charge in [-0.05, 0) is 28.5 Å². The Morgan fingerprint density at radius 3 is 2.77 bits per heavy atom. The minimum Gasteiger partial charge on any atom is -0.397 e. The molecule has 4 N–H and O–H groups in total. The average Bonchev–Trinajstić information content (AvgIpc) is 2.59. The zero-order chi connectivity index (χ0) is 9.42. The molecule has 68 valence electrons. The molecule has 13 heavy (non-hydrogen) atoms. The van der Waals surface area contributed by atoms with Crippen LogP contribution >= 0.6 is 22.9 Å². The van der Waals surface area contributed by atoms with Crippen molar-refractivity contribution in [3.63, 3.8) is 0 Å². The molecule has 0 atom stereocenters. The fraction of sp³-hybridized carbons (Fsp3) is 0.111. The SMILES string of the molecule is Nc1c(CCl)cc2ccsc2c1N. The normalized spacial score (nSPS) is 10.8. The van der Waals surface area contributed by atoms with Gasteiger partial charge in [0.2, 0.25) is 0 Å². The number of hydrogen-bond acceptors (Lipinski definition) is 3. The predicted molar refractivity (Wildman–Crippen MR) is 60.2 cm³/mol. The van der Waals surface area contributed by atoms with Crippen LogP contribution in [0, 0.1) is 0 Å². The number of thiophene rings is 1. The maximum absolute atomic E-state index is 5.87. The first kappa shape index (κ1) is 8.66. The molecule has 2 rings (SSSR count). The molecule has 4 heteroatoms. The molecule has 0 amide bonds. The van der Waals surface area contributed by atoms with Crippen molar-refractivity contribution in [3.8, 4) is 0 Å². The van der Waals surface area contributed by atoms with E-state index in [1.807, 2.05) is 17.5 Å². The topological polar surface area (TPSA) is 52.0 Å². The van der Waals surface area contributed by atoms with Crippen LogP contribution in [0.2, 0.25) is 0 Å². The van der Waals surface area contributed by atoms with Crippen molar-refractivity contribution in [3.05, 3.63) is 23.1 Å². The lowest BCUT2D eigenvalue weighted by atomic mass is 10.1. The van der Waals surface area contributed by atoms with Gasteiger partial charge >= 0.3 is 0 Å². The van der Waals surface area contributed by atoms with Crippen LogP contribution in [-0.2, 0) is 5.88 Å². The number of fused-ring (bicyclic) bond motifs is 1. The second kappa shape index (κ2) is 3.09. The highest BCUT2D eigenvalue weighted by Crippen LogP contribution is 2.34. The smallest absolute Gasteiger partial charge is 0.0732 e. The Hall–Kier alpha value is -0.930. The number of rotatable bonds is 1. The molecule has 0 aliphatic rings. The van der Waals surface area contributed by atoms with E-state index in [1.54, 1.807) is 11.3 Å². The van der Waals surface area contributed by atoms with Crippen LogP contribution in [0.25, 0.3) is 10.1 Å². The molecule has 0 saturated carbocycles. The van der Waals surface area contributed by atoms with E-state index in [9.17, 15) is 0 Å². The molecule has 0 fully saturated rings. The van der Waals surface area contributed by atoms with Gasteiger partial charge < -0.3 is 11.5 Å². The van der Waals surface area contributed by atoms with E-state index < -0.39 is 0 Å². The summed E-state index contributed by atoms with van der Waals surface area (Å²) in [6.45, 7) is 0. The van der Waals surface area contributed by atoms with E-state index in [4.69, 9.17) is 23.1 Å². The third kappa shape index (κ3) is 1.24.